The van der Waals surface area contributed by atoms with Gasteiger partial charge in [-0.2, -0.15) is 4.98 Å². The van der Waals surface area contributed by atoms with Crippen molar-refractivity contribution in [2.75, 3.05) is 17.3 Å². The van der Waals surface area contributed by atoms with Crippen LogP contribution in [0.2, 0.25) is 0 Å². The van der Waals surface area contributed by atoms with Crippen molar-refractivity contribution in [3.63, 3.8) is 0 Å². The van der Waals surface area contributed by atoms with Crippen LogP contribution in [0.1, 0.15) is 11.8 Å². The number of aromatic nitrogens is 2. The molecule has 7 nitrogen and oxygen atoms in total. The molecule has 0 bridgehead atoms. The summed E-state index contributed by atoms with van der Waals surface area (Å²) in [7, 11) is 0. The third kappa shape index (κ3) is 2.49. The minimum Gasteiger partial charge on any atom is -0.368 e. The summed E-state index contributed by atoms with van der Waals surface area (Å²) in [6.07, 6.45) is 0.918. The van der Waals surface area contributed by atoms with Crippen molar-refractivity contribution in [3.05, 3.63) is 10.9 Å². The van der Waals surface area contributed by atoms with E-state index in [0.717, 1.165) is 16.6 Å². The summed E-state index contributed by atoms with van der Waals surface area (Å²) < 4.78 is 0. The monoisotopic (exact) mass is 266 g/mol. The number of hydrogen-bond donors (Lipinski definition) is 4. The lowest BCUT2D eigenvalue weighted by Gasteiger charge is -2.06. The molecule has 96 valence electrons. The van der Waals surface area contributed by atoms with E-state index in [0.29, 0.717) is 11.8 Å². The number of primary amides is 1. The molecule has 0 saturated carbocycles. The van der Waals surface area contributed by atoms with Crippen LogP contribution in [-0.4, -0.2) is 22.4 Å². The summed E-state index contributed by atoms with van der Waals surface area (Å²) in [5.41, 5.74) is 7.51. The molecule has 0 aliphatic carbocycles. The highest BCUT2D eigenvalue weighted by molar-refractivity contribution is 7.18. The number of thiophene rings is 1. The lowest BCUT2D eigenvalue weighted by Crippen LogP contribution is -2.22. The molecule has 18 heavy (non-hydrogen) atoms. The van der Waals surface area contributed by atoms with Crippen molar-refractivity contribution in [2.24, 2.45) is 11.6 Å². The van der Waals surface area contributed by atoms with Crippen LogP contribution in [0.4, 0.5) is 11.8 Å². The smallest absolute Gasteiger partial charge is 0.240 e. The first kappa shape index (κ1) is 12.5. The number of carbonyl (C=O) groups excluding carboxylic acids is 1. The van der Waals surface area contributed by atoms with Crippen molar-refractivity contribution < 1.29 is 4.79 Å². The van der Waals surface area contributed by atoms with Crippen LogP contribution in [0.5, 0.6) is 0 Å². The Morgan fingerprint density at radius 2 is 2.28 bits per heavy atom. The summed E-state index contributed by atoms with van der Waals surface area (Å²) in [5, 5.41) is 3.76. The Morgan fingerprint density at radius 1 is 1.50 bits per heavy atom. The van der Waals surface area contributed by atoms with Crippen molar-refractivity contribution in [1.29, 1.82) is 0 Å². The number of nitrogen functional groups attached to an aromatic ring is 1. The number of hydrazine groups is 1. The number of nitrogens with two attached hydrogens (primary N) is 2. The minimum atomic E-state index is -0.449. The SMILES string of the molecule is CCc1cc2c(NCC(N)=O)nc(NN)nc2s1. The second-order valence-electron chi connectivity index (χ2n) is 3.65. The van der Waals surface area contributed by atoms with Gasteiger partial charge in [0.05, 0.1) is 11.9 Å². The third-order valence-electron chi connectivity index (χ3n) is 2.35. The standard InChI is InChI=1S/C10H14N6OS/c1-2-5-3-6-8(13-4-7(11)17)14-10(16-12)15-9(6)18-5/h3H,2,4,12H2,1H3,(H2,11,17)(H2,13,14,15,16). The van der Waals surface area contributed by atoms with Gasteiger partial charge in [-0.1, -0.05) is 6.92 Å². The highest BCUT2D eigenvalue weighted by Crippen LogP contribution is 2.30. The molecule has 0 saturated heterocycles. The molecule has 0 spiro atoms. The summed E-state index contributed by atoms with van der Waals surface area (Å²) in [4.78, 5) is 21.3. The Morgan fingerprint density at radius 3 is 2.89 bits per heavy atom. The maximum absolute atomic E-state index is 10.8. The van der Waals surface area contributed by atoms with Gasteiger partial charge >= 0.3 is 0 Å². The lowest BCUT2D eigenvalue weighted by atomic mass is 10.3. The van der Waals surface area contributed by atoms with E-state index in [2.05, 4.69) is 27.6 Å². The van der Waals surface area contributed by atoms with E-state index in [9.17, 15) is 4.79 Å². The molecule has 8 heteroatoms. The van der Waals surface area contributed by atoms with Crippen LogP contribution in [0.15, 0.2) is 6.07 Å². The van der Waals surface area contributed by atoms with Crippen LogP contribution in [-0.2, 0) is 11.2 Å². The summed E-state index contributed by atoms with van der Waals surface area (Å²) in [5.74, 6) is 5.73. The number of nitrogens with one attached hydrogen (secondary N) is 2. The predicted molar refractivity (Wildman–Crippen MR) is 72.3 cm³/mol. The number of carbonyl (C=O) groups is 1. The molecule has 0 aliphatic rings. The van der Waals surface area contributed by atoms with Gasteiger partial charge in [-0.05, 0) is 12.5 Å². The fourth-order valence-corrected chi connectivity index (χ4v) is 2.48. The zero-order valence-corrected chi connectivity index (χ0v) is 10.7. The zero-order chi connectivity index (χ0) is 13.1. The first-order valence-corrected chi connectivity index (χ1v) is 6.25. The second-order valence-corrected chi connectivity index (χ2v) is 4.76. The van der Waals surface area contributed by atoms with Crippen molar-refractivity contribution in [1.82, 2.24) is 9.97 Å². The number of hydrogen-bond acceptors (Lipinski definition) is 7. The first-order valence-electron chi connectivity index (χ1n) is 5.43. The average Bonchev–Trinajstić information content (AvgIpc) is 2.78. The molecule has 2 aromatic rings. The Kier molecular flexibility index (Phi) is 3.58. The largest absolute Gasteiger partial charge is 0.368 e. The predicted octanol–water partition coefficient (Wildman–Crippen LogP) is 0.436. The van der Waals surface area contributed by atoms with Gasteiger partial charge < -0.3 is 11.1 Å². The molecule has 0 aromatic carbocycles. The van der Waals surface area contributed by atoms with E-state index < -0.39 is 5.91 Å². The number of nitrogens with zero attached hydrogens (tertiary/aromatic N) is 2. The van der Waals surface area contributed by atoms with E-state index in [4.69, 9.17) is 11.6 Å². The number of aryl methyl sites for hydroxylation is 1. The normalized spacial score (nSPS) is 10.6. The van der Waals surface area contributed by atoms with E-state index in [-0.39, 0.29) is 6.54 Å². The molecule has 0 fully saturated rings. The van der Waals surface area contributed by atoms with Gasteiger partial charge in [-0.25, -0.2) is 10.8 Å². The Labute approximate surface area is 108 Å². The van der Waals surface area contributed by atoms with Crippen LogP contribution in [0.25, 0.3) is 10.2 Å². The zero-order valence-electron chi connectivity index (χ0n) is 9.86. The van der Waals surface area contributed by atoms with E-state index in [1.54, 1.807) is 11.3 Å². The van der Waals surface area contributed by atoms with Crippen molar-refractivity contribution in [3.8, 4) is 0 Å². The van der Waals surface area contributed by atoms with E-state index in [1.165, 1.54) is 4.88 Å². The van der Waals surface area contributed by atoms with Gasteiger partial charge in [-0.3, -0.25) is 10.2 Å². The van der Waals surface area contributed by atoms with E-state index >= 15 is 0 Å². The maximum atomic E-state index is 10.8. The molecule has 2 aromatic heterocycles. The maximum Gasteiger partial charge on any atom is 0.240 e. The molecule has 0 atom stereocenters. The second kappa shape index (κ2) is 5.15. The molecule has 2 rings (SSSR count). The van der Waals surface area contributed by atoms with Gasteiger partial charge in [0, 0.05) is 4.88 Å². The van der Waals surface area contributed by atoms with Crippen LogP contribution >= 0.6 is 11.3 Å². The van der Waals surface area contributed by atoms with E-state index in [1.807, 2.05) is 6.07 Å². The number of anilines is 2. The molecular weight excluding hydrogens is 252 g/mol. The lowest BCUT2D eigenvalue weighted by molar-refractivity contribution is -0.116. The van der Waals surface area contributed by atoms with Crippen molar-refractivity contribution >= 4 is 39.2 Å². The first-order chi connectivity index (χ1) is 8.63. The molecule has 0 unspecified atom stereocenters. The van der Waals surface area contributed by atoms with Crippen LogP contribution in [0, 0.1) is 0 Å². The van der Waals surface area contributed by atoms with Gasteiger partial charge in [-0.15, -0.1) is 11.3 Å². The van der Waals surface area contributed by atoms with Crippen LogP contribution in [0.3, 0.4) is 0 Å². The van der Waals surface area contributed by atoms with Gasteiger partial charge in [0.1, 0.15) is 10.6 Å². The van der Waals surface area contributed by atoms with Gasteiger partial charge in [0.25, 0.3) is 0 Å². The Hall–Kier alpha value is -1.93. The van der Waals surface area contributed by atoms with Gasteiger partial charge in [0.2, 0.25) is 11.9 Å². The fraction of sp³-hybridized carbons (Fsp3) is 0.300. The highest BCUT2D eigenvalue weighted by Gasteiger charge is 2.11. The number of rotatable bonds is 5. The average molecular weight is 266 g/mol. The topological polar surface area (TPSA) is 119 Å². The molecule has 6 N–H and O–H groups in total. The molecule has 0 radical (unpaired) electrons. The molecule has 0 aliphatic heterocycles. The third-order valence-corrected chi connectivity index (χ3v) is 3.52. The molecule has 2 heterocycles. The summed E-state index contributed by atoms with van der Waals surface area (Å²) >= 11 is 1.57. The summed E-state index contributed by atoms with van der Waals surface area (Å²) in [6.45, 7) is 2.09. The van der Waals surface area contributed by atoms with Crippen LogP contribution < -0.4 is 22.3 Å². The Balaban J connectivity index is 2.46. The molecule has 1 amide bonds. The van der Waals surface area contributed by atoms with Gasteiger partial charge in [0.15, 0.2) is 0 Å². The summed E-state index contributed by atoms with van der Waals surface area (Å²) in [6, 6.07) is 2.00. The molecular formula is C10H14N6OS. The highest BCUT2D eigenvalue weighted by atomic mass is 32.1. The van der Waals surface area contributed by atoms with Crippen molar-refractivity contribution in [2.45, 2.75) is 13.3 Å². The minimum absolute atomic E-state index is 0.0213. The number of fused-ring (bicyclic) bond motifs is 1. The Bertz CT molecular complexity index is 581. The number of amides is 1. The fourth-order valence-electron chi connectivity index (χ4n) is 1.52. The quantitative estimate of drug-likeness (QED) is 0.460.